The Kier molecular flexibility index (Phi) is 9.52. The first-order valence-corrected chi connectivity index (χ1v) is 21.0. The SMILES string of the molecule is Cc1nccnc1-c1ccc2c(=O)n(-c3ccc(C)c4c(NS(C)(=O)=O)nn(C)c34)c([C@H](Cc3cc(F)cc(F)c3)NC(=O)Cn3nc(C(F)F)c4c3C(F)(F)[C@@H]3C[C@H]43)nc2c1. The summed E-state index contributed by atoms with van der Waals surface area (Å²) in [7, 11) is -2.34. The average Bonchev–Trinajstić information content (AvgIpc) is 3.73. The molecule has 320 valence electrons. The Bertz CT molecular complexity index is 3180. The highest BCUT2D eigenvalue weighted by molar-refractivity contribution is 7.92. The molecule has 2 aliphatic carbocycles. The van der Waals surface area contributed by atoms with Crippen LogP contribution in [0, 0.1) is 31.4 Å². The lowest BCUT2D eigenvalue weighted by Crippen LogP contribution is -2.38. The summed E-state index contributed by atoms with van der Waals surface area (Å²) in [6.07, 6.45) is 0.290. The van der Waals surface area contributed by atoms with E-state index in [0.717, 1.165) is 23.0 Å². The van der Waals surface area contributed by atoms with Crippen LogP contribution in [0.5, 0.6) is 0 Å². The predicted octanol–water partition coefficient (Wildman–Crippen LogP) is 6.44. The summed E-state index contributed by atoms with van der Waals surface area (Å²) in [5.74, 6) is -8.80. The number of aromatic nitrogens is 8. The smallest absolute Gasteiger partial charge is 0.293 e. The summed E-state index contributed by atoms with van der Waals surface area (Å²) in [6, 6.07) is 9.01. The number of alkyl halides is 4. The van der Waals surface area contributed by atoms with Crippen molar-refractivity contribution in [3.05, 3.63) is 123 Å². The Morgan fingerprint density at radius 2 is 1.73 bits per heavy atom. The van der Waals surface area contributed by atoms with Crippen LogP contribution in [0.15, 0.2) is 65.7 Å². The molecular weight excluding hydrogens is 843 g/mol. The lowest BCUT2D eigenvalue weighted by atomic mass is 10.0. The fraction of sp³-hybridized carbons (Fsp3) is 0.293. The minimum atomic E-state index is -3.86. The largest absolute Gasteiger partial charge is 0.344 e. The maximum absolute atomic E-state index is 15.5. The molecule has 0 aliphatic heterocycles. The molecule has 9 rings (SSSR count). The van der Waals surface area contributed by atoms with E-state index >= 15 is 13.6 Å². The van der Waals surface area contributed by atoms with Gasteiger partial charge in [-0.2, -0.15) is 19.0 Å². The van der Waals surface area contributed by atoms with Crippen molar-refractivity contribution in [3.8, 4) is 16.9 Å². The van der Waals surface area contributed by atoms with Crippen LogP contribution in [0.4, 0.5) is 32.2 Å². The van der Waals surface area contributed by atoms with Crippen LogP contribution in [0.3, 0.4) is 0 Å². The van der Waals surface area contributed by atoms with E-state index in [1.807, 2.05) is 0 Å². The van der Waals surface area contributed by atoms with Gasteiger partial charge in [0, 0.05) is 49.0 Å². The maximum Gasteiger partial charge on any atom is 0.293 e. The third-order valence-electron chi connectivity index (χ3n) is 11.2. The zero-order valence-electron chi connectivity index (χ0n) is 33.1. The lowest BCUT2D eigenvalue weighted by molar-refractivity contribution is -0.123. The van der Waals surface area contributed by atoms with Crippen molar-refractivity contribution in [1.82, 2.24) is 44.4 Å². The summed E-state index contributed by atoms with van der Waals surface area (Å²) in [6.45, 7) is 2.46. The molecule has 2 aliphatic rings. The molecular formula is C41H34F6N10O4S. The third kappa shape index (κ3) is 6.92. The minimum Gasteiger partial charge on any atom is -0.344 e. The van der Waals surface area contributed by atoms with Crippen LogP contribution in [0.1, 0.15) is 64.4 Å². The highest BCUT2D eigenvalue weighted by Crippen LogP contribution is 2.68. The van der Waals surface area contributed by atoms with Crippen molar-refractivity contribution in [2.45, 2.75) is 57.5 Å². The highest BCUT2D eigenvalue weighted by Gasteiger charge is 2.67. The van der Waals surface area contributed by atoms with Crippen molar-refractivity contribution in [1.29, 1.82) is 0 Å². The van der Waals surface area contributed by atoms with Crippen molar-refractivity contribution in [2.75, 3.05) is 11.0 Å². The van der Waals surface area contributed by atoms with E-state index < -0.39 is 87.7 Å². The number of nitrogens with zero attached hydrogens (tertiary/aromatic N) is 8. The minimum absolute atomic E-state index is 0.00191. The Hall–Kier alpha value is -6.64. The number of aryl methyl sites for hydroxylation is 3. The van der Waals surface area contributed by atoms with Crippen molar-refractivity contribution in [3.63, 3.8) is 0 Å². The molecule has 1 saturated carbocycles. The van der Waals surface area contributed by atoms with Gasteiger partial charge in [0.15, 0.2) is 5.82 Å². The average molecular weight is 877 g/mol. The quantitative estimate of drug-likeness (QED) is 0.139. The van der Waals surface area contributed by atoms with Crippen LogP contribution in [0.2, 0.25) is 0 Å². The van der Waals surface area contributed by atoms with Gasteiger partial charge in [-0.05, 0) is 67.6 Å². The standard InChI is InChI=1S/C41H34F6N10O4S/c1-18-5-8-29(35-31(18)38(53-55(35)3)54-62(4,60)61)57-39(51-27-14-21(6-7-24(27)40(57)59)33-19(2)48-9-10-49-33)28(13-20-11-22(42)15-23(43)12-20)50-30(58)17-56-36-32(34(52-56)37(44)45)25-16-26(25)41(36,46)47/h5-12,14-15,25-26,28,37H,13,16-17H2,1-4H3,(H,50,58)(H,53,54)/t25-,26+,28-/m0/s1. The van der Waals surface area contributed by atoms with E-state index in [1.165, 1.54) is 30.2 Å². The summed E-state index contributed by atoms with van der Waals surface area (Å²) in [5.41, 5.74) is -0.110. The second kappa shape index (κ2) is 14.5. The number of rotatable bonds is 11. The molecule has 7 aromatic rings. The van der Waals surface area contributed by atoms with Crippen LogP contribution in [-0.2, 0) is 40.8 Å². The third-order valence-corrected chi connectivity index (χ3v) is 11.8. The van der Waals surface area contributed by atoms with E-state index in [2.05, 4.69) is 30.2 Å². The van der Waals surface area contributed by atoms with Gasteiger partial charge in [-0.1, -0.05) is 12.1 Å². The van der Waals surface area contributed by atoms with Crippen molar-refractivity contribution < 1.29 is 39.6 Å². The maximum atomic E-state index is 15.5. The Morgan fingerprint density at radius 1 is 1.00 bits per heavy atom. The predicted molar refractivity (Wildman–Crippen MR) is 213 cm³/mol. The summed E-state index contributed by atoms with van der Waals surface area (Å²) >= 11 is 0. The van der Waals surface area contributed by atoms with Gasteiger partial charge in [0.1, 0.15) is 35.4 Å². The van der Waals surface area contributed by atoms with Crippen LogP contribution < -0.4 is 15.6 Å². The van der Waals surface area contributed by atoms with E-state index in [0.29, 0.717) is 38.6 Å². The molecule has 0 bridgehead atoms. The molecule has 1 fully saturated rings. The second-order valence-corrected chi connectivity index (χ2v) is 17.3. The zero-order chi connectivity index (χ0) is 44.2. The number of nitrogens with one attached hydrogen (secondary N) is 2. The van der Waals surface area contributed by atoms with Gasteiger partial charge in [0.25, 0.3) is 17.9 Å². The fourth-order valence-electron chi connectivity index (χ4n) is 8.62. The Labute approximate surface area is 347 Å². The molecule has 2 N–H and O–H groups in total. The molecule has 62 heavy (non-hydrogen) atoms. The van der Waals surface area contributed by atoms with Crippen LogP contribution in [0.25, 0.3) is 38.8 Å². The number of benzene rings is 3. The molecule has 1 amide bonds. The Balaban J connectivity index is 1.26. The van der Waals surface area contributed by atoms with Gasteiger partial charge in [-0.3, -0.25) is 38.2 Å². The zero-order valence-corrected chi connectivity index (χ0v) is 33.9. The van der Waals surface area contributed by atoms with E-state index in [-0.39, 0.29) is 51.3 Å². The highest BCUT2D eigenvalue weighted by atomic mass is 32.2. The molecule has 0 radical (unpaired) electrons. The molecule has 4 aromatic heterocycles. The molecule has 0 spiro atoms. The van der Waals surface area contributed by atoms with Gasteiger partial charge in [-0.25, -0.2) is 31.0 Å². The monoisotopic (exact) mass is 876 g/mol. The number of hydrogen-bond acceptors (Lipinski definition) is 9. The number of anilines is 1. The molecule has 3 atom stereocenters. The van der Waals surface area contributed by atoms with Crippen molar-refractivity contribution in [2.24, 2.45) is 13.0 Å². The number of hydrogen-bond donors (Lipinski definition) is 2. The molecule has 0 saturated heterocycles. The lowest BCUT2D eigenvalue weighted by Gasteiger charge is -2.24. The topological polar surface area (TPSA) is 172 Å². The number of sulfonamides is 1. The molecule has 21 heteroatoms. The van der Waals surface area contributed by atoms with Gasteiger partial charge < -0.3 is 5.32 Å². The number of carbonyl (C=O) groups is 1. The van der Waals surface area contributed by atoms with Crippen molar-refractivity contribution >= 4 is 43.6 Å². The fourth-order valence-corrected chi connectivity index (χ4v) is 9.11. The number of carbonyl (C=O) groups excluding carboxylic acids is 1. The first-order chi connectivity index (χ1) is 29.3. The number of fused-ring (bicyclic) bond motifs is 5. The second-order valence-electron chi connectivity index (χ2n) is 15.6. The molecule has 0 unspecified atom stereocenters. The number of amides is 1. The first kappa shape index (κ1) is 40.7. The summed E-state index contributed by atoms with van der Waals surface area (Å²) in [4.78, 5) is 42.8. The van der Waals surface area contributed by atoms with E-state index in [1.54, 1.807) is 38.1 Å². The molecule has 4 heterocycles. The summed E-state index contributed by atoms with van der Waals surface area (Å²) < 4.78 is 119. The van der Waals surface area contributed by atoms with Gasteiger partial charge in [-0.15, -0.1) is 0 Å². The van der Waals surface area contributed by atoms with Gasteiger partial charge in [0.2, 0.25) is 15.9 Å². The van der Waals surface area contributed by atoms with Crippen LogP contribution in [-0.4, -0.2) is 59.7 Å². The number of halogens is 6. The first-order valence-electron chi connectivity index (χ1n) is 19.1. The Morgan fingerprint density at radius 3 is 2.42 bits per heavy atom. The van der Waals surface area contributed by atoms with Gasteiger partial charge >= 0.3 is 0 Å². The van der Waals surface area contributed by atoms with Gasteiger partial charge in [0.05, 0.1) is 51.2 Å². The summed E-state index contributed by atoms with van der Waals surface area (Å²) in [5, 5.41) is 11.2. The van der Waals surface area contributed by atoms with Crippen LogP contribution >= 0.6 is 0 Å². The van der Waals surface area contributed by atoms with E-state index in [9.17, 15) is 30.8 Å². The van der Waals surface area contributed by atoms with E-state index in [4.69, 9.17) is 4.98 Å². The molecule has 3 aromatic carbocycles. The normalized spacial score (nSPS) is 17.1. The molecule has 14 nitrogen and oxygen atoms in total.